The lowest BCUT2D eigenvalue weighted by Crippen LogP contribution is -2.46. The highest BCUT2D eigenvalue weighted by molar-refractivity contribution is 5.98. The van der Waals surface area contributed by atoms with Gasteiger partial charge in [0.25, 0.3) is 0 Å². The molecule has 1 aromatic heterocycles. The van der Waals surface area contributed by atoms with Gasteiger partial charge in [-0.3, -0.25) is 19.4 Å². The molecule has 2 atom stereocenters. The van der Waals surface area contributed by atoms with Gasteiger partial charge in [0, 0.05) is 43.6 Å². The van der Waals surface area contributed by atoms with Crippen LogP contribution in [-0.4, -0.2) is 53.3 Å². The molecule has 0 radical (unpaired) electrons. The molecular weight excluding hydrogens is 430 g/mol. The van der Waals surface area contributed by atoms with Crippen molar-refractivity contribution in [2.24, 2.45) is 5.92 Å². The molecule has 3 heterocycles. The molecule has 0 spiro atoms. The lowest BCUT2D eigenvalue weighted by molar-refractivity contribution is -0.130. The second-order valence-electron chi connectivity index (χ2n) is 9.08. The van der Waals surface area contributed by atoms with Crippen molar-refractivity contribution in [1.29, 1.82) is 0 Å². The minimum atomic E-state index is -0.645. The number of hydrogen-bond donors (Lipinski definition) is 2. The Morgan fingerprint density at radius 1 is 1.15 bits per heavy atom. The molecule has 180 valence electrons. The zero-order valence-electron chi connectivity index (χ0n) is 19.7. The highest BCUT2D eigenvalue weighted by Crippen LogP contribution is 2.24. The molecular formula is C26H33N5O3. The number of rotatable bonds is 9. The van der Waals surface area contributed by atoms with Crippen LogP contribution >= 0.6 is 0 Å². The molecule has 34 heavy (non-hydrogen) atoms. The van der Waals surface area contributed by atoms with Crippen molar-refractivity contribution >= 4 is 29.1 Å². The normalized spacial score (nSPS) is 18.7. The van der Waals surface area contributed by atoms with Gasteiger partial charge in [-0.25, -0.2) is 0 Å². The number of benzene rings is 1. The molecule has 4 rings (SSSR count). The number of hydrogen-bond acceptors (Lipinski definition) is 5. The van der Waals surface area contributed by atoms with Crippen LogP contribution in [0, 0.1) is 5.92 Å². The second-order valence-corrected chi connectivity index (χ2v) is 9.08. The summed E-state index contributed by atoms with van der Waals surface area (Å²) < 4.78 is 0. The zero-order valence-corrected chi connectivity index (χ0v) is 19.7. The van der Waals surface area contributed by atoms with E-state index in [1.54, 1.807) is 11.1 Å². The lowest BCUT2D eigenvalue weighted by Gasteiger charge is -2.22. The van der Waals surface area contributed by atoms with E-state index < -0.39 is 12.0 Å². The van der Waals surface area contributed by atoms with Crippen LogP contribution in [0.5, 0.6) is 0 Å². The van der Waals surface area contributed by atoms with Gasteiger partial charge in [0.1, 0.15) is 6.04 Å². The molecule has 8 heteroatoms. The van der Waals surface area contributed by atoms with Crippen molar-refractivity contribution in [1.82, 2.24) is 15.2 Å². The molecule has 2 fully saturated rings. The molecule has 2 aromatic rings. The number of carbonyl (C=O) groups excluding carboxylic acids is 3. The van der Waals surface area contributed by atoms with Crippen molar-refractivity contribution in [2.45, 2.75) is 51.6 Å². The summed E-state index contributed by atoms with van der Waals surface area (Å²) in [4.78, 5) is 46.7. The van der Waals surface area contributed by atoms with E-state index in [2.05, 4.69) is 26.6 Å². The van der Waals surface area contributed by atoms with Gasteiger partial charge in [-0.15, -0.1) is 0 Å². The van der Waals surface area contributed by atoms with Gasteiger partial charge in [0.2, 0.25) is 17.7 Å². The maximum absolute atomic E-state index is 13.0. The van der Waals surface area contributed by atoms with E-state index in [4.69, 9.17) is 0 Å². The van der Waals surface area contributed by atoms with Crippen LogP contribution in [-0.2, 0) is 20.9 Å². The fourth-order valence-electron chi connectivity index (χ4n) is 4.62. The predicted molar refractivity (Wildman–Crippen MR) is 131 cm³/mol. The maximum atomic E-state index is 13.0. The summed E-state index contributed by atoms with van der Waals surface area (Å²) >= 11 is 0. The van der Waals surface area contributed by atoms with Crippen molar-refractivity contribution in [3.63, 3.8) is 0 Å². The predicted octanol–water partition coefficient (Wildman–Crippen LogP) is 2.95. The first-order valence-corrected chi connectivity index (χ1v) is 12.2. The third-order valence-corrected chi connectivity index (χ3v) is 6.46. The summed E-state index contributed by atoms with van der Waals surface area (Å²) in [5, 5.41) is 5.87. The average molecular weight is 464 g/mol. The smallest absolute Gasteiger partial charge is 0.246 e. The Bertz CT molecular complexity index is 1010. The van der Waals surface area contributed by atoms with Crippen LogP contribution in [0.3, 0.4) is 0 Å². The van der Waals surface area contributed by atoms with Crippen molar-refractivity contribution < 1.29 is 14.4 Å². The Hall–Kier alpha value is -3.42. The number of carbonyl (C=O) groups is 3. The zero-order chi connectivity index (χ0) is 23.9. The van der Waals surface area contributed by atoms with Gasteiger partial charge in [-0.05, 0) is 49.6 Å². The largest absolute Gasteiger partial charge is 0.371 e. The van der Waals surface area contributed by atoms with Crippen LogP contribution in [0.15, 0.2) is 48.7 Å². The first-order chi connectivity index (χ1) is 16.5. The van der Waals surface area contributed by atoms with Crippen LogP contribution in [0.2, 0.25) is 0 Å². The summed E-state index contributed by atoms with van der Waals surface area (Å²) in [6.45, 7) is 4.76. The van der Waals surface area contributed by atoms with Crippen molar-refractivity contribution in [3.05, 3.63) is 54.4 Å². The Morgan fingerprint density at radius 3 is 2.71 bits per heavy atom. The molecule has 1 aromatic carbocycles. The Kier molecular flexibility index (Phi) is 7.77. The minimum Gasteiger partial charge on any atom is -0.371 e. The number of pyridine rings is 1. The highest BCUT2D eigenvalue weighted by atomic mass is 16.2. The summed E-state index contributed by atoms with van der Waals surface area (Å²) in [6.07, 6.45) is 5.49. The molecule has 2 unspecified atom stereocenters. The number of nitrogens with zero attached hydrogens (tertiary/aromatic N) is 3. The first-order valence-electron chi connectivity index (χ1n) is 12.2. The van der Waals surface area contributed by atoms with Crippen LogP contribution in [0.4, 0.5) is 11.4 Å². The van der Waals surface area contributed by atoms with E-state index in [0.717, 1.165) is 36.6 Å². The van der Waals surface area contributed by atoms with Crippen LogP contribution in [0.1, 0.15) is 44.7 Å². The second kappa shape index (κ2) is 11.1. The van der Waals surface area contributed by atoms with Gasteiger partial charge in [-0.2, -0.15) is 0 Å². The fourth-order valence-corrected chi connectivity index (χ4v) is 4.62. The SMILES string of the molecule is CCCC(NC(=O)C1CC(=O)N(Cc2ccccn2)C1)C(=O)Nc1cccc(N2CCCC2)c1. The molecule has 0 aliphatic carbocycles. The van der Waals surface area contributed by atoms with E-state index in [-0.39, 0.29) is 24.1 Å². The van der Waals surface area contributed by atoms with Gasteiger partial charge in [0.15, 0.2) is 0 Å². The molecule has 2 N–H and O–H groups in total. The summed E-state index contributed by atoms with van der Waals surface area (Å²) in [5.41, 5.74) is 2.61. The van der Waals surface area contributed by atoms with Gasteiger partial charge >= 0.3 is 0 Å². The topological polar surface area (TPSA) is 94.6 Å². The quantitative estimate of drug-likeness (QED) is 0.596. The summed E-state index contributed by atoms with van der Waals surface area (Å²) in [5.74, 6) is -1.03. The molecule has 0 bridgehead atoms. The van der Waals surface area contributed by atoms with Gasteiger partial charge in [-0.1, -0.05) is 25.5 Å². The van der Waals surface area contributed by atoms with Crippen molar-refractivity contribution in [3.8, 4) is 0 Å². The molecule has 3 amide bonds. The Balaban J connectivity index is 1.35. The van der Waals surface area contributed by atoms with Gasteiger partial charge < -0.3 is 20.4 Å². The van der Waals surface area contributed by atoms with Gasteiger partial charge in [0.05, 0.1) is 18.2 Å². The van der Waals surface area contributed by atoms with E-state index >= 15 is 0 Å². The Labute approximate surface area is 200 Å². The number of anilines is 2. The Morgan fingerprint density at radius 2 is 1.97 bits per heavy atom. The molecule has 2 aliphatic rings. The number of amides is 3. The molecule has 2 aliphatic heterocycles. The van der Waals surface area contributed by atoms with Crippen LogP contribution in [0.25, 0.3) is 0 Å². The number of nitrogens with one attached hydrogen (secondary N) is 2. The molecule has 0 saturated carbocycles. The molecule has 2 saturated heterocycles. The molecule has 8 nitrogen and oxygen atoms in total. The maximum Gasteiger partial charge on any atom is 0.246 e. The number of likely N-dealkylation sites (tertiary alicyclic amines) is 1. The minimum absolute atomic E-state index is 0.0685. The van der Waals surface area contributed by atoms with Crippen molar-refractivity contribution in [2.75, 3.05) is 29.9 Å². The third kappa shape index (κ3) is 5.92. The van der Waals surface area contributed by atoms with E-state index in [1.807, 2.05) is 43.3 Å². The average Bonchev–Trinajstić information content (AvgIpc) is 3.50. The monoisotopic (exact) mass is 463 g/mol. The summed E-state index contributed by atoms with van der Waals surface area (Å²) in [7, 11) is 0. The number of aromatic nitrogens is 1. The fraction of sp³-hybridized carbons (Fsp3) is 0.462. The first kappa shape index (κ1) is 23.7. The standard InChI is InChI=1S/C26H33N5O3/c1-2-8-23(26(34)28-20-10-7-11-22(16-20)30-13-5-6-14-30)29-25(33)19-15-24(32)31(17-19)18-21-9-3-4-12-27-21/h3-4,7,9-12,16,19,23H,2,5-6,8,13-15,17-18H2,1H3,(H,28,34)(H,29,33). The van der Waals surface area contributed by atoms with E-state index in [9.17, 15) is 14.4 Å². The lowest BCUT2D eigenvalue weighted by atomic mass is 10.1. The van der Waals surface area contributed by atoms with Crippen LogP contribution < -0.4 is 15.5 Å². The highest BCUT2D eigenvalue weighted by Gasteiger charge is 2.36. The van der Waals surface area contributed by atoms with E-state index in [1.165, 1.54) is 12.8 Å². The third-order valence-electron chi connectivity index (χ3n) is 6.46. The van der Waals surface area contributed by atoms with E-state index in [0.29, 0.717) is 19.5 Å². The summed E-state index contributed by atoms with van der Waals surface area (Å²) in [6, 6.07) is 12.8.